The van der Waals surface area contributed by atoms with E-state index in [0.717, 1.165) is 12.1 Å². The molecule has 0 aromatic heterocycles. The number of anilines is 2. The lowest BCUT2D eigenvalue weighted by Gasteiger charge is -2.10. The van der Waals surface area contributed by atoms with E-state index in [4.69, 9.17) is 11.0 Å². The summed E-state index contributed by atoms with van der Waals surface area (Å²) in [6.07, 6.45) is 0. The topological polar surface area (TPSA) is 96.0 Å². The third-order valence-corrected chi connectivity index (χ3v) is 4.07. The van der Waals surface area contributed by atoms with Gasteiger partial charge in [0.2, 0.25) is 0 Å². The number of aryl methyl sites for hydroxylation is 1. The number of sulfonamides is 1. The molecule has 0 atom stereocenters. The smallest absolute Gasteiger partial charge is 0.262 e. The number of nitrogens with one attached hydrogen (secondary N) is 1. The number of hydrogen-bond acceptors (Lipinski definition) is 4. The van der Waals surface area contributed by atoms with Gasteiger partial charge in [0, 0.05) is 5.69 Å². The van der Waals surface area contributed by atoms with Gasteiger partial charge in [-0.3, -0.25) is 4.72 Å². The van der Waals surface area contributed by atoms with Crippen LogP contribution in [0.3, 0.4) is 0 Å². The minimum Gasteiger partial charge on any atom is -0.399 e. The summed E-state index contributed by atoms with van der Waals surface area (Å²) in [6.45, 7) is 1.72. The van der Waals surface area contributed by atoms with Crippen LogP contribution in [-0.2, 0) is 10.0 Å². The highest BCUT2D eigenvalue weighted by molar-refractivity contribution is 7.92. The summed E-state index contributed by atoms with van der Waals surface area (Å²) >= 11 is 0. The van der Waals surface area contributed by atoms with E-state index in [-0.39, 0.29) is 16.1 Å². The first kappa shape index (κ1) is 14.8. The average Bonchev–Trinajstić information content (AvgIpc) is 2.39. The van der Waals surface area contributed by atoms with Crippen LogP contribution in [0.4, 0.5) is 15.8 Å². The molecule has 21 heavy (non-hydrogen) atoms. The minimum absolute atomic E-state index is 0.0129. The van der Waals surface area contributed by atoms with Gasteiger partial charge in [-0.15, -0.1) is 0 Å². The molecule has 2 aromatic carbocycles. The standard InChI is InChI=1S/C14H12FN3O2S/c1-9-4-12(17)7-13(5-9)21(19,20)18-14-3-2-11(15)6-10(14)8-16/h2-7,18H,17H2,1H3. The van der Waals surface area contributed by atoms with Gasteiger partial charge in [0.25, 0.3) is 10.0 Å². The molecule has 7 heteroatoms. The van der Waals surface area contributed by atoms with E-state index in [0.29, 0.717) is 11.3 Å². The highest BCUT2D eigenvalue weighted by Gasteiger charge is 2.17. The fraction of sp³-hybridized carbons (Fsp3) is 0.0714. The molecule has 0 aliphatic carbocycles. The number of nitrogens with two attached hydrogens (primary N) is 1. The molecule has 0 aliphatic heterocycles. The van der Waals surface area contributed by atoms with Crippen molar-refractivity contribution in [2.75, 3.05) is 10.5 Å². The second-order valence-corrected chi connectivity index (χ2v) is 6.17. The SMILES string of the molecule is Cc1cc(N)cc(S(=O)(=O)Nc2ccc(F)cc2C#N)c1. The maximum absolute atomic E-state index is 13.1. The zero-order valence-corrected chi connectivity index (χ0v) is 11.9. The monoisotopic (exact) mass is 305 g/mol. The van der Waals surface area contributed by atoms with E-state index in [1.54, 1.807) is 19.1 Å². The third-order valence-electron chi connectivity index (χ3n) is 2.73. The van der Waals surface area contributed by atoms with Crippen LogP contribution in [0.2, 0.25) is 0 Å². The second kappa shape index (κ2) is 5.42. The minimum atomic E-state index is -3.91. The summed E-state index contributed by atoms with van der Waals surface area (Å²) in [5.41, 5.74) is 6.55. The first-order chi connectivity index (χ1) is 9.81. The molecule has 5 nitrogen and oxygen atoms in total. The number of benzene rings is 2. The van der Waals surface area contributed by atoms with Crippen LogP contribution >= 0.6 is 0 Å². The Morgan fingerprint density at radius 1 is 1.24 bits per heavy atom. The normalized spacial score (nSPS) is 10.9. The van der Waals surface area contributed by atoms with Crippen molar-refractivity contribution in [2.45, 2.75) is 11.8 Å². The number of halogens is 1. The maximum atomic E-state index is 13.1. The van der Waals surface area contributed by atoms with Crippen LogP contribution in [0.1, 0.15) is 11.1 Å². The number of rotatable bonds is 3. The van der Waals surface area contributed by atoms with E-state index in [1.165, 1.54) is 18.2 Å². The van der Waals surface area contributed by atoms with Gasteiger partial charge in [-0.05, 0) is 48.9 Å². The summed E-state index contributed by atoms with van der Waals surface area (Å²) in [6, 6.07) is 9.37. The second-order valence-electron chi connectivity index (χ2n) is 4.49. The van der Waals surface area contributed by atoms with Gasteiger partial charge in [-0.1, -0.05) is 0 Å². The van der Waals surface area contributed by atoms with Gasteiger partial charge in [0.05, 0.1) is 16.1 Å². The molecule has 0 amide bonds. The molecule has 0 radical (unpaired) electrons. The van der Waals surface area contributed by atoms with E-state index in [9.17, 15) is 12.8 Å². The molecule has 2 aromatic rings. The van der Waals surface area contributed by atoms with E-state index >= 15 is 0 Å². The predicted molar refractivity (Wildman–Crippen MR) is 77.5 cm³/mol. The maximum Gasteiger partial charge on any atom is 0.262 e. The van der Waals surface area contributed by atoms with Crippen LogP contribution in [0.15, 0.2) is 41.3 Å². The van der Waals surface area contributed by atoms with Crippen molar-refractivity contribution < 1.29 is 12.8 Å². The lowest BCUT2D eigenvalue weighted by molar-refractivity contribution is 0.601. The molecule has 0 unspecified atom stereocenters. The quantitative estimate of drug-likeness (QED) is 0.851. The highest BCUT2D eigenvalue weighted by atomic mass is 32.2. The molecule has 2 rings (SSSR count). The highest BCUT2D eigenvalue weighted by Crippen LogP contribution is 2.22. The fourth-order valence-electron chi connectivity index (χ4n) is 1.83. The van der Waals surface area contributed by atoms with E-state index in [1.807, 2.05) is 0 Å². The number of hydrogen-bond donors (Lipinski definition) is 2. The van der Waals surface area contributed by atoms with Crippen molar-refractivity contribution in [2.24, 2.45) is 0 Å². The van der Waals surface area contributed by atoms with Crippen LogP contribution in [-0.4, -0.2) is 8.42 Å². The Morgan fingerprint density at radius 2 is 1.95 bits per heavy atom. The molecule has 108 valence electrons. The van der Waals surface area contributed by atoms with Crippen molar-refractivity contribution in [1.29, 1.82) is 5.26 Å². The Kier molecular flexibility index (Phi) is 3.82. The Hall–Kier alpha value is -2.59. The Labute approximate surface area is 121 Å². The molecule has 0 saturated heterocycles. The van der Waals surface area contributed by atoms with Gasteiger partial charge >= 0.3 is 0 Å². The number of nitrogens with zero attached hydrogens (tertiary/aromatic N) is 1. The van der Waals surface area contributed by atoms with Crippen molar-refractivity contribution in [3.8, 4) is 6.07 Å². The van der Waals surface area contributed by atoms with Crippen molar-refractivity contribution in [3.63, 3.8) is 0 Å². The molecular weight excluding hydrogens is 293 g/mol. The summed E-state index contributed by atoms with van der Waals surface area (Å²) < 4.78 is 39.9. The fourth-order valence-corrected chi connectivity index (χ4v) is 3.05. The Bertz CT molecular complexity index is 822. The van der Waals surface area contributed by atoms with Gasteiger partial charge in [-0.2, -0.15) is 5.26 Å². The molecule has 0 heterocycles. The van der Waals surface area contributed by atoms with Crippen molar-refractivity contribution in [1.82, 2.24) is 0 Å². The van der Waals surface area contributed by atoms with Crippen molar-refractivity contribution >= 4 is 21.4 Å². The van der Waals surface area contributed by atoms with Crippen LogP contribution < -0.4 is 10.5 Å². The summed E-state index contributed by atoms with van der Waals surface area (Å²) in [7, 11) is -3.91. The lowest BCUT2D eigenvalue weighted by atomic mass is 10.2. The molecule has 0 aliphatic rings. The van der Waals surface area contributed by atoms with E-state index < -0.39 is 15.8 Å². The summed E-state index contributed by atoms with van der Waals surface area (Å²) in [5, 5.41) is 8.93. The third kappa shape index (κ3) is 3.30. The zero-order chi connectivity index (χ0) is 15.6. The van der Waals surface area contributed by atoms with E-state index in [2.05, 4.69) is 4.72 Å². The molecule has 0 saturated carbocycles. The van der Waals surface area contributed by atoms with Crippen LogP contribution in [0, 0.1) is 24.1 Å². The van der Waals surface area contributed by atoms with Crippen LogP contribution in [0.5, 0.6) is 0 Å². The van der Waals surface area contributed by atoms with Gasteiger partial charge in [0.1, 0.15) is 11.9 Å². The number of nitriles is 1. The first-order valence-corrected chi connectivity index (χ1v) is 7.40. The molecular formula is C14H12FN3O2S. The molecule has 0 bridgehead atoms. The lowest BCUT2D eigenvalue weighted by Crippen LogP contribution is -2.14. The zero-order valence-electron chi connectivity index (χ0n) is 11.1. The average molecular weight is 305 g/mol. The summed E-state index contributed by atoms with van der Waals surface area (Å²) in [5.74, 6) is -0.616. The summed E-state index contributed by atoms with van der Waals surface area (Å²) in [4.78, 5) is -0.0202. The van der Waals surface area contributed by atoms with Gasteiger partial charge in [-0.25, -0.2) is 12.8 Å². The predicted octanol–water partition coefficient (Wildman–Crippen LogP) is 2.39. The molecule has 3 N–H and O–H groups in total. The first-order valence-electron chi connectivity index (χ1n) is 5.91. The van der Waals surface area contributed by atoms with Gasteiger partial charge < -0.3 is 5.73 Å². The van der Waals surface area contributed by atoms with Crippen molar-refractivity contribution in [3.05, 3.63) is 53.3 Å². The number of nitrogen functional groups attached to an aromatic ring is 1. The molecule has 0 fully saturated rings. The largest absolute Gasteiger partial charge is 0.399 e. The Balaban J connectivity index is 2.45. The Morgan fingerprint density at radius 3 is 2.57 bits per heavy atom. The molecule has 0 spiro atoms. The van der Waals surface area contributed by atoms with Gasteiger partial charge in [0.15, 0.2) is 0 Å². The van der Waals surface area contributed by atoms with Crippen LogP contribution in [0.25, 0.3) is 0 Å².